The van der Waals surface area contributed by atoms with E-state index in [4.69, 9.17) is 16.7 Å². The third-order valence-corrected chi connectivity index (χ3v) is 3.27. The van der Waals surface area contributed by atoms with Gasteiger partial charge in [0.25, 0.3) is 5.91 Å². The molecular weight excluding hydrogens is 366 g/mol. The number of carbonyl (C=O) groups is 3. The van der Waals surface area contributed by atoms with Gasteiger partial charge in [0, 0.05) is 21.5 Å². The molecule has 0 heterocycles. The van der Waals surface area contributed by atoms with E-state index in [9.17, 15) is 14.4 Å². The highest BCUT2D eigenvalue weighted by Crippen LogP contribution is 2.19. The van der Waals surface area contributed by atoms with Crippen molar-refractivity contribution in [1.29, 1.82) is 0 Å². The van der Waals surface area contributed by atoms with Crippen LogP contribution < -0.4 is 5.32 Å². The number of benzene rings is 1. The fraction of sp³-hybridized carbons (Fsp3) is 0.308. The Hall–Kier alpha value is -1.60. The Morgan fingerprint density at radius 1 is 1.38 bits per heavy atom. The molecule has 0 saturated heterocycles. The SMILES string of the molecule is COC(=O)CCC(NC(=O)c1cc(Cl)cc(Br)c1)C(=O)O. The second-order valence-corrected chi connectivity index (χ2v) is 5.49. The van der Waals surface area contributed by atoms with Crippen LogP contribution in [0.3, 0.4) is 0 Å². The van der Waals surface area contributed by atoms with Gasteiger partial charge in [0.2, 0.25) is 0 Å². The largest absolute Gasteiger partial charge is 0.480 e. The summed E-state index contributed by atoms with van der Waals surface area (Å²) < 4.78 is 5.03. The van der Waals surface area contributed by atoms with Gasteiger partial charge in [0.15, 0.2) is 0 Å². The topological polar surface area (TPSA) is 92.7 Å². The minimum Gasteiger partial charge on any atom is -0.480 e. The van der Waals surface area contributed by atoms with Crippen molar-refractivity contribution in [2.24, 2.45) is 0 Å². The van der Waals surface area contributed by atoms with Gasteiger partial charge in [0.1, 0.15) is 6.04 Å². The Morgan fingerprint density at radius 3 is 2.57 bits per heavy atom. The summed E-state index contributed by atoms with van der Waals surface area (Å²) in [5.74, 6) is -2.36. The van der Waals surface area contributed by atoms with Crippen molar-refractivity contribution in [1.82, 2.24) is 5.32 Å². The summed E-state index contributed by atoms with van der Waals surface area (Å²) in [4.78, 5) is 34.1. The summed E-state index contributed by atoms with van der Waals surface area (Å²) in [6, 6.07) is 3.35. The molecule has 0 spiro atoms. The standard InChI is InChI=1S/C13H13BrClNO5/c1-21-11(17)3-2-10(13(19)20)16-12(18)7-4-8(14)6-9(15)5-7/h4-6,10H,2-3H2,1H3,(H,16,18)(H,19,20). The van der Waals surface area contributed by atoms with Gasteiger partial charge in [-0.1, -0.05) is 27.5 Å². The number of amides is 1. The number of carboxylic acid groups (broad SMARTS) is 1. The summed E-state index contributed by atoms with van der Waals surface area (Å²) in [6.07, 6.45) is -0.164. The van der Waals surface area contributed by atoms with E-state index >= 15 is 0 Å². The molecule has 0 bridgehead atoms. The molecule has 0 aliphatic carbocycles. The zero-order valence-electron chi connectivity index (χ0n) is 11.1. The van der Waals surface area contributed by atoms with Gasteiger partial charge in [-0.3, -0.25) is 9.59 Å². The van der Waals surface area contributed by atoms with Gasteiger partial charge >= 0.3 is 11.9 Å². The first kappa shape index (κ1) is 17.5. The molecule has 1 aromatic rings. The third kappa shape index (κ3) is 5.73. The summed E-state index contributed by atoms with van der Waals surface area (Å²) in [6.45, 7) is 0. The maximum Gasteiger partial charge on any atom is 0.326 e. The second kappa shape index (κ2) is 7.99. The van der Waals surface area contributed by atoms with Gasteiger partial charge in [0.05, 0.1) is 7.11 Å². The monoisotopic (exact) mass is 377 g/mol. The van der Waals surface area contributed by atoms with Gasteiger partial charge in [-0.25, -0.2) is 4.79 Å². The molecule has 1 atom stereocenters. The van der Waals surface area contributed by atoms with Crippen LogP contribution in [0.4, 0.5) is 0 Å². The van der Waals surface area contributed by atoms with Gasteiger partial charge in [-0.2, -0.15) is 0 Å². The number of hydrogen-bond donors (Lipinski definition) is 2. The minimum absolute atomic E-state index is 0.0600. The molecule has 1 unspecified atom stereocenters. The van der Waals surface area contributed by atoms with Crippen LogP contribution >= 0.6 is 27.5 Å². The first-order valence-electron chi connectivity index (χ1n) is 5.90. The normalized spacial score (nSPS) is 11.6. The van der Waals surface area contributed by atoms with E-state index < -0.39 is 23.9 Å². The highest BCUT2D eigenvalue weighted by molar-refractivity contribution is 9.10. The first-order chi connectivity index (χ1) is 9.83. The van der Waals surface area contributed by atoms with E-state index in [0.717, 1.165) is 0 Å². The Morgan fingerprint density at radius 2 is 2.05 bits per heavy atom. The minimum atomic E-state index is -1.23. The summed E-state index contributed by atoms with van der Waals surface area (Å²) in [5, 5.41) is 11.7. The molecule has 1 rings (SSSR count). The number of methoxy groups -OCH3 is 1. The van der Waals surface area contributed by atoms with E-state index in [2.05, 4.69) is 26.0 Å². The molecule has 0 aliphatic heterocycles. The van der Waals surface area contributed by atoms with Crippen LogP contribution in [-0.4, -0.2) is 36.1 Å². The van der Waals surface area contributed by atoms with Crippen molar-refractivity contribution in [2.45, 2.75) is 18.9 Å². The lowest BCUT2D eigenvalue weighted by atomic mass is 10.1. The lowest BCUT2D eigenvalue weighted by Gasteiger charge is -2.14. The van der Waals surface area contributed by atoms with Crippen LogP contribution in [0, 0.1) is 0 Å². The molecular formula is C13H13BrClNO5. The Bertz CT molecular complexity index is 543. The number of carbonyl (C=O) groups excluding carboxylic acids is 2. The molecule has 1 amide bonds. The van der Waals surface area contributed by atoms with E-state index in [1.54, 1.807) is 6.07 Å². The van der Waals surface area contributed by atoms with Gasteiger partial charge in [-0.15, -0.1) is 0 Å². The van der Waals surface area contributed by atoms with Crippen LogP contribution in [0.2, 0.25) is 5.02 Å². The van der Waals surface area contributed by atoms with Gasteiger partial charge in [-0.05, 0) is 24.6 Å². The number of aliphatic carboxylic acids is 1. The van der Waals surface area contributed by atoms with Crippen molar-refractivity contribution >= 4 is 45.4 Å². The summed E-state index contributed by atoms with van der Waals surface area (Å²) >= 11 is 9.02. The van der Waals surface area contributed by atoms with Crippen molar-refractivity contribution in [3.63, 3.8) is 0 Å². The Balaban J connectivity index is 2.76. The quantitative estimate of drug-likeness (QED) is 0.741. The van der Waals surface area contributed by atoms with E-state index in [-0.39, 0.29) is 18.4 Å². The lowest BCUT2D eigenvalue weighted by molar-refractivity contribution is -0.142. The second-order valence-electron chi connectivity index (χ2n) is 4.14. The fourth-order valence-electron chi connectivity index (χ4n) is 1.55. The average Bonchev–Trinajstić information content (AvgIpc) is 2.41. The van der Waals surface area contributed by atoms with Crippen molar-refractivity contribution < 1.29 is 24.2 Å². The number of hydrogen-bond acceptors (Lipinski definition) is 4. The van der Waals surface area contributed by atoms with Crippen molar-refractivity contribution in [3.8, 4) is 0 Å². The highest BCUT2D eigenvalue weighted by Gasteiger charge is 2.22. The predicted octanol–water partition coefficient (Wildman–Crippen LogP) is 2.24. The molecule has 21 heavy (non-hydrogen) atoms. The van der Waals surface area contributed by atoms with Crippen molar-refractivity contribution in [3.05, 3.63) is 33.3 Å². The van der Waals surface area contributed by atoms with E-state index in [0.29, 0.717) is 9.50 Å². The molecule has 0 saturated carbocycles. The number of carboxylic acids is 1. The summed E-state index contributed by atoms with van der Waals surface area (Å²) in [5.41, 5.74) is 0.221. The Labute approximate surface area is 134 Å². The molecule has 0 aromatic heterocycles. The number of esters is 1. The average molecular weight is 379 g/mol. The maximum absolute atomic E-state index is 12.0. The van der Waals surface area contributed by atoms with Crippen molar-refractivity contribution in [2.75, 3.05) is 7.11 Å². The molecule has 8 heteroatoms. The highest BCUT2D eigenvalue weighted by atomic mass is 79.9. The number of rotatable bonds is 6. The predicted molar refractivity (Wildman–Crippen MR) is 79.3 cm³/mol. The smallest absolute Gasteiger partial charge is 0.326 e. The zero-order chi connectivity index (χ0) is 16.0. The molecule has 2 N–H and O–H groups in total. The molecule has 114 valence electrons. The fourth-order valence-corrected chi connectivity index (χ4v) is 2.41. The van der Waals surface area contributed by atoms with E-state index in [1.807, 2.05) is 0 Å². The number of halogens is 2. The zero-order valence-corrected chi connectivity index (χ0v) is 13.4. The van der Waals surface area contributed by atoms with Crippen LogP contribution in [0.1, 0.15) is 23.2 Å². The molecule has 0 fully saturated rings. The third-order valence-electron chi connectivity index (χ3n) is 2.59. The van der Waals surface area contributed by atoms with Crippen LogP contribution in [0.15, 0.2) is 22.7 Å². The molecule has 0 radical (unpaired) electrons. The molecule has 0 aliphatic rings. The van der Waals surface area contributed by atoms with Crippen LogP contribution in [0.25, 0.3) is 0 Å². The van der Waals surface area contributed by atoms with Crippen LogP contribution in [0.5, 0.6) is 0 Å². The van der Waals surface area contributed by atoms with E-state index in [1.165, 1.54) is 19.2 Å². The Kier molecular flexibility index (Phi) is 6.64. The first-order valence-corrected chi connectivity index (χ1v) is 7.07. The van der Waals surface area contributed by atoms with Crippen LogP contribution in [-0.2, 0) is 14.3 Å². The molecule has 6 nitrogen and oxygen atoms in total. The number of ether oxygens (including phenoxy) is 1. The van der Waals surface area contributed by atoms with Gasteiger partial charge < -0.3 is 15.2 Å². The number of nitrogens with one attached hydrogen (secondary N) is 1. The maximum atomic E-state index is 12.0. The molecule has 1 aromatic carbocycles. The lowest BCUT2D eigenvalue weighted by Crippen LogP contribution is -2.41. The summed E-state index contributed by atoms with van der Waals surface area (Å²) in [7, 11) is 1.21.